The smallest absolute Gasteiger partial charge is 0.339 e. The van der Waals surface area contributed by atoms with Gasteiger partial charge in [-0.1, -0.05) is 18.2 Å². The van der Waals surface area contributed by atoms with E-state index >= 15 is 0 Å². The number of benzene rings is 1. The highest BCUT2D eigenvalue weighted by Gasteiger charge is 2.23. The van der Waals surface area contributed by atoms with Gasteiger partial charge in [0, 0.05) is 23.2 Å². The van der Waals surface area contributed by atoms with Crippen molar-refractivity contribution in [2.45, 2.75) is 18.0 Å². The van der Waals surface area contributed by atoms with E-state index in [1.807, 2.05) is 24.3 Å². The Balaban J connectivity index is 2.41. The lowest BCUT2D eigenvalue weighted by Crippen LogP contribution is -2.08. The molecule has 0 spiro atoms. The molecule has 16 heavy (non-hydrogen) atoms. The van der Waals surface area contributed by atoms with Crippen LogP contribution in [0.2, 0.25) is 0 Å². The van der Waals surface area contributed by atoms with Crippen LogP contribution < -0.4 is 0 Å². The summed E-state index contributed by atoms with van der Waals surface area (Å²) in [5.41, 5.74) is 1.52. The predicted molar refractivity (Wildman–Crippen MR) is 64.2 cm³/mol. The molecule has 0 aliphatic carbocycles. The van der Waals surface area contributed by atoms with Crippen molar-refractivity contribution in [3.63, 3.8) is 0 Å². The van der Waals surface area contributed by atoms with Crippen LogP contribution in [0.15, 0.2) is 29.3 Å². The number of nitrogens with zero attached hydrogens (tertiary/aromatic N) is 1. The zero-order chi connectivity index (χ0) is 11.1. The second-order valence-corrected chi connectivity index (χ2v) is 4.94. The van der Waals surface area contributed by atoms with E-state index in [1.165, 1.54) is 0 Å². The minimum Gasteiger partial charge on any atom is -0.478 e. The topological polar surface area (TPSA) is 42.2 Å². The summed E-state index contributed by atoms with van der Waals surface area (Å²) >= 11 is 1.65. The van der Waals surface area contributed by atoms with Crippen molar-refractivity contribution in [1.82, 2.24) is 4.57 Å². The number of thioether (sulfide) groups is 1. The third-order valence-corrected chi connectivity index (χ3v) is 4.09. The fourth-order valence-corrected chi connectivity index (χ4v) is 3.40. The number of rotatable bonds is 1. The van der Waals surface area contributed by atoms with Gasteiger partial charge in [0.25, 0.3) is 0 Å². The first-order valence-corrected chi connectivity index (χ1v) is 6.25. The molecule has 0 saturated carbocycles. The van der Waals surface area contributed by atoms with Crippen molar-refractivity contribution in [2.24, 2.45) is 0 Å². The van der Waals surface area contributed by atoms with Crippen molar-refractivity contribution < 1.29 is 9.90 Å². The lowest BCUT2D eigenvalue weighted by Gasteiger charge is -2.15. The van der Waals surface area contributed by atoms with Crippen LogP contribution in [0.5, 0.6) is 0 Å². The summed E-state index contributed by atoms with van der Waals surface area (Å²) in [6.07, 6.45) is 1.11. The minimum atomic E-state index is -0.820. The molecule has 3 nitrogen and oxygen atoms in total. The summed E-state index contributed by atoms with van der Waals surface area (Å²) < 4.78 is 2.13. The van der Waals surface area contributed by atoms with Crippen molar-refractivity contribution in [3.8, 4) is 0 Å². The van der Waals surface area contributed by atoms with E-state index in [9.17, 15) is 9.90 Å². The number of carboxylic acids is 1. The quantitative estimate of drug-likeness (QED) is 0.823. The summed E-state index contributed by atoms with van der Waals surface area (Å²) in [4.78, 5) is 11.3. The van der Waals surface area contributed by atoms with E-state index in [0.29, 0.717) is 5.56 Å². The second-order valence-electron chi connectivity index (χ2n) is 3.86. The molecule has 1 N–H and O–H groups in total. The number of aryl methyl sites for hydroxylation is 1. The molecule has 0 amide bonds. The monoisotopic (exact) mass is 233 g/mol. The van der Waals surface area contributed by atoms with Crippen LogP contribution in [0.3, 0.4) is 0 Å². The molecule has 0 fully saturated rings. The fourth-order valence-electron chi connectivity index (χ4n) is 2.25. The lowest BCUT2D eigenvalue weighted by atomic mass is 10.2. The van der Waals surface area contributed by atoms with Crippen LogP contribution in [0.25, 0.3) is 10.9 Å². The number of aromatic carboxylic acids is 1. The number of para-hydroxylation sites is 1. The number of carboxylic acid groups (broad SMARTS) is 1. The highest BCUT2D eigenvalue weighted by Crippen LogP contribution is 2.36. The zero-order valence-electron chi connectivity index (χ0n) is 8.64. The molecule has 82 valence electrons. The summed E-state index contributed by atoms with van der Waals surface area (Å²) in [5.74, 6) is 0.190. The summed E-state index contributed by atoms with van der Waals surface area (Å²) in [6.45, 7) is 0.927. The van der Waals surface area contributed by atoms with Crippen LogP contribution in [-0.2, 0) is 6.54 Å². The Morgan fingerprint density at radius 3 is 3.00 bits per heavy atom. The summed E-state index contributed by atoms with van der Waals surface area (Å²) in [5, 5.41) is 11.1. The molecule has 0 bridgehead atoms. The Bertz CT molecular complexity index is 574. The van der Waals surface area contributed by atoms with Crippen molar-refractivity contribution >= 4 is 28.6 Å². The van der Waals surface area contributed by atoms with E-state index in [-0.39, 0.29) is 0 Å². The van der Waals surface area contributed by atoms with E-state index in [2.05, 4.69) is 4.57 Å². The number of hydrogen-bond acceptors (Lipinski definition) is 2. The van der Waals surface area contributed by atoms with Crippen molar-refractivity contribution in [2.75, 3.05) is 5.75 Å². The average molecular weight is 233 g/mol. The van der Waals surface area contributed by atoms with Gasteiger partial charge in [0.15, 0.2) is 0 Å². The number of aromatic nitrogens is 1. The molecule has 0 radical (unpaired) electrons. The third-order valence-electron chi connectivity index (χ3n) is 2.90. The predicted octanol–water partition coefficient (Wildman–Crippen LogP) is 2.84. The molecule has 4 heteroatoms. The number of fused-ring (bicyclic) bond motifs is 3. The number of hydrogen-bond donors (Lipinski definition) is 1. The van der Waals surface area contributed by atoms with Gasteiger partial charge in [-0.05, 0) is 12.5 Å². The Kier molecular flexibility index (Phi) is 2.17. The van der Waals surface area contributed by atoms with Crippen molar-refractivity contribution in [3.05, 3.63) is 29.8 Å². The van der Waals surface area contributed by atoms with Gasteiger partial charge >= 0.3 is 5.97 Å². The fraction of sp³-hybridized carbons (Fsp3) is 0.250. The third kappa shape index (κ3) is 1.26. The van der Waals surface area contributed by atoms with Crippen LogP contribution in [0, 0.1) is 0 Å². The molecule has 1 aromatic heterocycles. The van der Waals surface area contributed by atoms with Gasteiger partial charge in [-0.15, -0.1) is 11.8 Å². The molecule has 2 heterocycles. The van der Waals surface area contributed by atoms with Crippen molar-refractivity contribution in [1.29, 1.82) is 0 Å². The Morgan fingerprint density at radius 2 is 2.19 bits per heavy atom. The molecule has 3 rings (SSSR count). The van der Waals surface area contributed by atoms with Gasteiger partial charge < -0.3 is 9.67 Å². The van der Waals surface area contributed by atoms with E-state index in [0.717, 1.165) is 34.6 Å². The van der Waals surface area contributed by atoms with Gasteiger partial charge in [0.1, 0.15) is 0 Å². The maximum atomic E-state index is 11.3. The van der Waals surface area contributed by atoms with Crippen LogP contribution >= 0.6 is 11.8 Å². The standard InChI is InChI=1S/C12H11NO2S/c14-12(15)10-8-4-1-2-5-9(8)13-6-3-7-16-11(10)13/h1-2,4-5H,3,6-7H2,(H,14,15). The first kappa shape index (κ1) is 9.78. The minimum absolute atomic E-state index is 0.473. The van der Waals surface area contributed by atoms with E-state index < -0.39 is 5.97 Å². The maximum absolute atomic E-state index is 11.3. The molecule has 1 aromatic carbocycles. The summed E-state index contributed by atoms with van der Waals surface area (Å²) in [7, 11) is 0. The second kappa shape index (κ2) is 3.56. The van der Waals surface area contributed by atoms with Gasteiger partial charge in [-0.3, -0.25) is 0 Å². The molecule has 2 aromatic rings. The van der Waals surface area contributed by atoms with Gasteiger partial charge in [0.2, 0.25) is 0 Å². The van der Waals surface area contributed by atoms with Gasteiger partial charge in [-0.2, -0.15) is 0 Å². The lowest BCUT2D eigenvalue weighted by molar-refractivity contribution is 0.0694. The SMILES string of the molecule is O=C(O)c1c2n(c3ccccc13)CCCS2. The van der Waals surface area contributed by atoms with Crippen LogP contribution in [0.4, 0.5) is 0 Å². The average Bonchev–Trinajstić information content (AvgIpc) is 2.63. The normalized spacial score (nSPS) is 15.0. The van der Waals surface area contributed by atoms with E-state index in [1.54, 1.807) is 11.8 Å². The molecule has 0 atom stereocenters. The van der Waals surface area contributed by atoms with Gasteiger partial charge in [0.05, 0.1) is 10.6 Å². The van der Waals surface area contributed by atoms with Crippen LogP contribution in [-0.4, -0.2) is 21.4 Å². The zero-order valence-corrected chi connectivity index (χ0v) is 9.46. The van der Waals surface area contributed by atoms with E-state index in [4.69, 9.17) is 0 Å². The Morgan fingerprint density at radius 1 is 1.38 bits per heavy atom. The highest BCUT2D eigenvalue weighted by molar-refractivity contribution is 7.99. The highest BCUT2D eigenvalue weighted by atomic mass is 32.2. The first-order valence-electron chi connectivity index (χ1n) is 5.26. The molecule has 1 aliphatic rings. The van der Waals surface area contributed by atoms with Crippen LogP contribution in [0.1, 0.15) is 16.8 Å². The largest absolute Gasteiger partial charge is 0.478 e. The number of carbonyl (C=O) groups is 1. The molecule has 0 saturated heterocycles. The molecule has 1 aliphatic heterocycles. The first-order chi connectivity index (χ1) is 7.79. The maximum Gasteiger partial charge on any atom is 0.339 e. The molecular formula is C12H11NO2S. The molecular weight excluding hydrogens is 222 g/mol. The molecule has 0 unspecified atom stereocenters. The van der Waals surface area contributed by atoms with Gasteiger partial charge in [-0.25, -0.2) is 4.79 Å². The summed E-state index contributed by atoms with van der Waals surface area (Å²) in [6, 6.07) is 7.74. The Labute approximate surface area is 97.1 Å². The Hall–Kier alpha value is -1.42.